The van der Waals surface area contributed by atoms with Gasteiger partial charge in [0.1, 0.15) is 0 Å². The summed E-state index contributed by atoms with van der Waals surface area (Å²) in [4.78, 5) is 21.8. The average molecular weight is 191 g/mol. The van der Waals surface area contributed by atoms with Crippen molar-refractivity contribution in [2.45, 2.75) is 13.3 Å². The lowest BCUT2D eigenvalue weighted by Crippen LogP contribution is -2.06. The van der Waals surface area contributed by atoms with Crippen molar-refractivity contribution in [2.75, 3.05) is 5.32 Å². The van der Waals surface area contributed by atoms with E-state index in [4.69, 9.17) is 4.74 Å². The van der Waals surface area contributed by atoms with E-state index in [-0.39, 0.29) is 11.9 Å². The number of benzene rings is 1. The predicted molar refractivity (Wildman–Crippen MR) is 50.1 cm³/mol. The van der Waals surface area contributed by atoms with Gasteiger partial charge in [0, 0.05) is 6.92 Å². The highest BCUT2D eigenvalue weighted by Gasteiger charge is 2.21. The molecule has 1 heterocycles. The molecule has 1 aliphatic rings. The minimum absolute atomic E-state index is 0.0698. The fraction of sp³-hybridized carbons (Fsp3) is 0.200. The molecule has 1 aromatic rings. The Morgan fingerprint density at radius 2 is 2.29 bits per heavy atom. The molecule has 0 unspecified atom stereocenters. The number of carbonyl (C=O) groups excluding carboxylic acids is 2. The third-order valence-electron chi connectivity index (χ3n) is 1.98. The molecule has 1 aliphatic heterocycles. The van der Waals surface area contributed by atoms with Crippen LogP contribution in [0.15, 0.2) is 18.2 Å². The second kappa shape index (κ2) is 3.14. The van der Waals surface area contributed by atoms with Crippen molar-refractivity contribution in [3.05, 3.63) is 23.8 Å². The summed E-state index contributed by atoms with van der Waals surface area (Å²) in [5, 5.41) is 2.66. The van der Waals surface area contributed by atoms with Crippen molar-refractivity contribution < 1.29 is 14.3 Å². The summed E-state index contributed by atoms with van der Waals surface area (Å²) >= 11 is 0. The second-order valence-corrected chi connectivity index (χ2v) is 3.11. The van der Waals surface area contributed by atoms with Crippen molar-refractivity contribution >= 4 is 17.6 Å². The van der Waals surface area contributed by atoms with Crippen molar-refractivity contribution in [2.24, 2.45) is 0 Å². The maximum absolute atomic E-state index is 11.1. The normalized spacial score (nSPS) is 13.4. The van der Waals surface area contributed by atoms with Gasteiger partial charge in [0.2, 0.25) is 5.91 Å². The summed E-state index contributed by atoms with van der Waals surface area (Å²) in [7, 11) is 0. The zero-order chi connectivity index (χ0) is 10.1. The third-order valence-corrected chi connectivity index (χ3v) is 1.98. The summed E-state index contributed by atoms with van der Waals surface area (Å²) in [5.41, 5.74) is 1.49. The highest BCUT2D eigenvalue weighted by Crippen LogP contribution is 2.32. The number of rotatable bonds is 1. The Morgan fingerprint density at radius 3 is 3.00 bits per heavy atom. The molecule has 0 radical (unpaired) electrons. The first-order valence-electron chi connectivity index (χ1n) is 4.27. The Morgan fingerprint density at radius 1 is 1.50 bits per heavy atom. The van der Waals surface area contributed by atoms with Gasteiger partial charge in [-0.2, -0.15) is 0 Å². The number of hydrogen-bond acceptors (Lipinski definition) is 3. The van der Waals surface area contributed by atoms with Crippen LogP contribution in [0.2, 0.25) is 0 Å². The van der Waals surface area contributed by atoms with Crippen LogP contribution in [0.5, 0.6) is 5.75 Å². The summed E-state index contributed by atoms with van der Waals surface area (Å²) in [6.45, 7) is 1.33. The molecule has 0 atom stereocenters. The number of anilines is 1. The van der Waals surface area contributed by atoms with Crippen LogP contribution in [0.1, 0.15) is 12.5 Å². The highest BCUT2D eigenvalue weighted by atomic mass is 16.5. The SMILES string of the molecule is CC(=O)Oc1cccc2c1NC(=O)C2. The Balaban J connectivity index is 2.39. The quantitative estimate of drug-likeness (QED) is 0.534. The molecule has 0 fully saturated rings. The fourth-order valence-electron chi connectivity index (χ4n) is 1.46. The number of esters is 1. The van der Waals surface area contributed by atoms with Crippen molar-refractivity contribution in [1.82, 2.24) is 0 Å². The Bertz CT molecular complexity index is 412. The van der Waals surface area contributed by atoms with Crippen molar-refractivity contribution in [3.63, 3.8) is 0 Å². The molecule has 14 heavy (non-hydrogen) atoms. The minimum Gasteiger partial charge on any atom is -0.424 e. The number of nitrogens with one attached hydrogen (secondary N) is 1. The summed E-state index contributed by atoms with van der Waals surface area (Å²) < 4.78 is 4.95. The molecule has 4 heteroatoms. The van der Waals surface area contributed by atoms with E-state index in [1.807, 2.05) is 6.07 Å². The Hall–Kier alpha value is -1.84. The molecule has 1 aromatic carbocycles. The molecule has 0 aromatic heterocycles. The molecular formula is C10H9NO3. The van der Waals surface area contributed by atoms with E-state index in [1.54, 1.807) is 12.1 Å². The van der Waals surface area contributed by atoms with Crippen molar-refractivity contribution in [1.29, 1.82) is 0 Å². The smallest absolute Gasteiger partial charge is 0.308 e. The van der Waals surface area contributed by atoms with E-state index in [0.717, 1.165) is 5.56 Å². The first-order chi connectivity index (χ1) is 6.66. The predicted octanol–water partition coefficient (Wildman–Crippen LogP) is 1.11. The number of amides is 1. The van der Waals surface area contributed by atoms with Gasteiger partial charge in [-0.25, -0.2) is 0 Å². The van der Waals surface area contributed by atoms with Crippen LogP contribution in [0.4, 0.5) is 5.69 Å². The first kappa shape index (κ1) is 8.74. The molecule has 0 saturated heterocycles. The molecule has 72 valence electrons. The van der Waals surface area contributed by atoms with Gasteiger partial charge in [-0.3, -0.25) is 9.59 Å². The Kier molecular flexibility index (Phi) is 1.96. The molecule has 0 spiro atoms. The van der Waals surface area contributed by atoms with Crippen molar-refractivity contribution in [3.8, 4) is 5.75 Å². The van der Waals surface area contributed by atoms with Gasteiger partial charge >= 0.3 is 5.97 Å². The number of hydrogen-bond donors (Lipinski definition) is 1. The van der Waals surface area contributed by atoms with E-state index >= 15 is 0 Å². The zero-order valence-corrected chi connectivity index (χ0v) is 7.66. The molecule has 0 bridgehead atoms. The summed E-state index contributed by atoms with van der Waals surface area (Å²) in [6.07, 6.45) is 0.352. The number of fused-ring (bicyclic) bond motifs is 1. The Labute approximate surface area is 80.9 Å². The molecular weight excluding hydrogens is 182 g/mol. The maximum Gasteiger partial charge on any atom is 0.308 e. The monoisotopic (exact) mass is 191 g/mol. The first-order valence-corrected chi connectivity index (χ1v) is 4.27. The number of ether oxygens (including phenoxy) is 1. The highest BCUT2D eigenvalue weighted by molar-refractivity contribution is 6.01. The van der Waals surface area contributed by atoms with Crippen LogP contribution < -0.4 is 10.1 Å². The van der Waals surface area contributed by atoms with Crippen LogP contribution in [0, 0.1) is 0 Å². The van der Waals surface area contributed by atoms with Crippen LogP contribution in [0.25, 0.3) is 0 Å². The van der Waals surface area contributed by atoms with Crippen LogP contribution in [0.3, 0.4) is 0 Å². The maximum atomic E-state index is 11.1. The lowest BCUT2D eigenvalue weighted by molar-refractivity contribution is -0.131. The standard InChI is InChI=1S/C10H9NO3/c1-6(12)14-8-4-2-3-7-5-9(13)11-10(7)8/h2-4H,5H2,1H3,(H,11,13). The largest absolute Gasteiger partial charge is 0.424 e. The van der Waals surface area contributed by atoms with Crippen LogP contribution in [-0.2, 0) is 16.0 Å². The molecule has 1 amide bonds. The van der Waals surface area contributed by atoms with Gasteiger partial charge in [-0.15, -0.1) is 0 Å². The van der Waals surface area contributed by atoms with Gasteiger partial charge < -0.3 is 10.1 Å². The topological polar surface area (TPSA) is 55.4 Å². The lowest BCUT2D eigenvalue weighted by atomic mass is 10.1. The minimum atomic E-state index is -0.389. The van der Waals surface area contributed by atoms with E-state index in [0.29, 0.717) is 17.9 Å². The fourth-order valence-corrected chi connectivity index (χ4v) is 1.46. The lowest BCUT2D eigenvalue weighted by Gasteiger charge is -2.06. The summed E-state index contributed by atoms with van der Waals surface area (Å²) in [5.74, 6) is -0.0417. The molecule has 4 nitrogen and oxygen atoms in total. The molecule has 1 N–H and O–H groups in total. The van der Waals surface area contributed by atoms with Gasteiger partial charge in [0.05, 0.1) is 12.1 Å². The van der Waals surface area contributed by atoms with Crippen LogP contribution >= 0.6 is 0 Å². The van der Waals surface area contributed by atoms with Crippen LogP contribution in [-0.4, -0.2) is 11.9 Å². The third kappa shape index (κ3) is 1.46. The average Bonchev–Trinajstić information content (AvgIpc) is 2.45. The number of para-hydroxylation sites is 1. The summed E-state index contributed by atoms with van der Waals surface area (Å²) in [6, 6.07) is 5.25. The zero-order valence-electron chi connectivity index (χ0n) is 7.66. The molecule has 0 saturated carbocycles. The van der Waals surface area contributed by atoms with Gasteiger partial charge in [-0.05, 0) is 11.6 Å². The molecule has 0 aliphatic carbocycles. The van der Waals surface area contributed by atoms with E-state index < -0.39 is 0 Å². The van der Waals surface area contributed by atoms with Gasteiger partial charge in [0.15, 0.2) is 5.75 Å². The van der Waals surface area contributed by atoms with E-state index in [9.17, 15) is 9.59 Å². The van der Waals surface area contributed by atoms with E-state index in [1.165, 1.54) is 6.92 Å². The van der Waals surface area contributed by atoms with E-state index in [2.05, 4.69) is 5.32 Å². The van der Waals surface area contributed by atoms with Gasteiger partial charge in [-0.1, -0.05) is 12.1 Å². The number of carbonyl (C=O) groups is 2. The molecule has 2 rings (SSSR count). The second-order valence-electron chi connectivity index (χ2n) is 3.11. The van der Waals surface area contributed by atoms with Gasteiger partial charge in [0.25, 0.3) is 0 Å².